The second kappa shape index (κ2) is 2.74. The van der Waals surface area contributed by atoms with Crippen LogP contribution in [0.25, 0.3) is 0 Å². The molecule has 0 radical (unpaired) electrons. The zero-order valence-corrected chi connectivity index (χ0v) is 5.92. The van der Waals surface area contributed by atoms with Crippen LogP contribution >= 0.6 is 11.6 Å². The van der Waals surface area contributed by atoms with Crippen molar-refractivity contribution in [2.75, 3.05) is 0 Å². The van der Waals surface area contributed by atoms with Crippen molar-refractivity contribution in [1.82, 2.24) is 0 Å². The Morgan fingerprint density at radius 2 is 2.09 bits per heavy atom. The zero-order valence-electron chi connectivity index (χ0n) is 7.17. The molecule has 0 bridgehead atoms. The highest BCUT2D eigenvalue weighted by molar-refractivity contribution is 6.30. The summed E-state index contributed by atoms with van der Waals surface area (Å²) in [5.74, 6) is 0. The van der Waals surface area contributed by atoms with Crippen molar-refractivity contribution in [3.63, 3.8) is 0 Å². The molecule has 11 heavy (non-hydrogen) atoms. The zero-order chi connectivity index (χ0) is 10.2. The van der Waals surface area contributed by atoms with Gasteiger partial charge in [-0.05, 0) is 18.2 Å². The fourth-order valence-corrected chi connectivity index (χ4v) is 0.724. The van der Waals surface area contributed by atoms with Gasteiger partial charge in [-0.3, -0.25) is 0 Å². The minimum Gasteiger partial charge on any atom is -0.166 e. The topological polar surface area (TPSA) is 0 Å². The Hall–Kier alpha value is -0.700. The molecule has 0 nitrogen and oxygen atoms in total. The van der Waals surface area contributed by atoms with E-state index in [9.17, 15) is 13.2 Å². The third kappa shape index (κ3) is 2.12. The van der Waals surface area contributed by atoms with Crippen molar-refractivity contribution in [2.45, 2.75) is 6.18 Å². The summed E-state index contributed by atoms with van der Waals surface area (Å²) in [5.41, 5.74) is -1.12. The van der Waals surface area contributed by atoms with E-state index in [1.807, 2.05) is 0 Å². The van der Waals surface area contributed by atoms with Gasteiger partial charge in [-0.1, -0.05) is 17.7 Å². The normalized spacial score (nSPS) is 14.2. The molecule has 4 heteroatoms. The molecule has 0 saturated carbocycles. The Morgan fingerprint density at radius 3 is 2.64 bits per heavy atom. The number of halogens is 4. The maximum absolute atomic E-state index is 12.1. The summed E-state index contributed by atoms with van der Waals surface area (Å²) in [6.07, 6.45) is -4.59. The van der Waals surface area contributed by atoms with Crippen molar-refractivity contribution < 1.29 is 15.9 Å². The van der Waals surface area contributed by atoms with Crippen LogP contribution in [0.4, 0.5) is 13.2 Å². The first-order chi connectivity index (χ1) is 5.84. The van der Waals surface area contributed by atoms with E-state index in [0.717, 1.165) is 6.07 Å². The number of rotatable bonds is 0. The van der Waals surface area contributed by atoms with Crippen molar-refractivity contribution in [2.24, 2.45) is 0 Å². The Morgan fingerprint density at radius 1 is 1.45 bits per heavy atom. The molecule has 0 aromatic heterocycles. The SMILES string of the molecule is [2H]c1ccc(C(F)(F)F)c([2H])c1Cl. The van der Waals surface area contributed by atoms with E-state index < -0.39 is 22.8 Å². The molecular formula is C7H4ClF3. The van der Waals surface area contributed by atoms with Crippen LogP contribution in [0.5, 0.6) is 0 Å². The molecule has 0 fully saturated rings. The molecule has 0 unspecified atom stereocenters. The molecule has 0 aliphatic heterocycles. The van der Waals surface area contributed by atoms with E-state index in [-0.39, 0.29) is 6.04 Å². The largest absolute Gasteiger partial charge is 0.416 e. The maximum Gasteiger partial charge on any atom is 0.416 e. The molecule has 1 aromatic rings. The Bertz CT molecular complexity index is 335. The Labute approximate surface area is 69.4 Å². The summed E-state index contributed by atoms with van der Waals surface area (Å²) in [7, 11) is 0. The molecule has 0 spiro atoms. The minimum absolute atomic E-state index is 0.278. The van der Waals surface area contributed by atoms with Crippen LogP contribution < -0.4 is 0 Å². The molecule has 0 atom stereocenters. The van der Waals surface area contributed by atoms with Crippen LogP contribution in [0.2, 0.25) is 5.02 Å². The highest BCUT2D eigenvalue weighted by atomic mass is 35.5. The molecule has 1 aromatic carbocycles. The van der Waals surface area contributed by atoms with E-state index in [1.54, 1.807) is 0 Å². The average molecular weight is 183 g/mol. The predicted molar refractivity (Wildman–Crippen MR) is 36.5 cm³/mol. The van der Waals surface area contributed by atoms with E-state index >= 15 is 0 Å². The Kier molecular flexibility index (Phi) is 1.47. The fourth-order valence-electron chi connectivity index (χ4n) is 0.560. The van der Waals surface area contributed by atoms with Gasteiger partial charge >= 0.3 is 6.18 Å². The summed E-state index contributed by atoms with van der Waals surface area (Å²) in [4.78, 5) is 0. The van der Waals surface area contributed by atoms with Gasteiger partial charge in [0.1, 0.15) is 0 Å². The average Bonchev–Trinajstić information content (AvgIpc) is 1.98. The molecule has 0 amide bonds. The maximum atomic E-state index is 12.1. The van der Waals surface area contributed by atoms with Gasteiger partial charge < -0.3 is 0 Å². The summed E-state index contributed by atoms with van der Waals surface area (Å²) in [6.45, 7) is 0. The lowest BCUT2D eigenvalue weighted by molar-refractivity contribution is -0.137. The van der Waals surface area contributed by atoms with Crippen molar-refractivity contribution in [3.05, 3.63) is 34.8 Å². The van der Waals surface area contributed by atoms with Crippen molar-refractivity contribution in [1.29, 1.82) is 0 Å². The number of alkyl halides is 3. The lowest BCUT2D eigenvalue weighted by atomic mass is 10.2. The first-order valence-corrected chi connectivity index (χ1v) is 3.04. The second-order valence-electron chi connectivity index (χ2n) is 1.83. The van der Waals surface area contributed by atoms with Crippen LogP contribution in [0, 0.1) is 0 Å². The van der Waals surface area contributed by atoms with Crippen LogP contribution in [0.1, 0.15) is 8.30 Å². The van der Waals surface area contributed by atoms with Gasteiger partial charge in [0.05, 0.1) is 8.30 Å². The van der Waals surface area contributed by atoms with Gasteiger partial charge in [0.15, 0.2) is 0 Å². The smallest absolute Gasteiger partial charge is 0.166 e. The molecule has 0 N–H and O–H groups in total. The molecule has 0 heterocycles. The first-order valence-electron chi connectivity index (χ1n) is 3.67. The van der Waals surface area contributed by atoms with Gasteiger partial charge in [0, 0.05) is 5.02 Å². The van der Waals surface area contributed by atoms with Gasteiger partial charge in [-0.2, -0.15) is 13.2 Å². The summed E-state index contributed by atoms with van der Waals surface area (Å²) < 4.78 is 50.4. The summed E-state index contributed by atoms with van der Waals surface area (Å²) >= 11 is 5.31. The standard InChI is InChI=1S/C7H4ClF3/c8-6-3-1-2-5(4-6)7(9,10)11/h1-4H/i3D,4D. The molecule has 0 aliphatic rings. The monoisotopic (exact) mass is 182 g/mol. The molecule has 0 aliphatic carbocycles. The number of benzene rings is 1. The van der Waals surface area contributed by atoms with Gasteiger partial charge in [-0.15, -0.1) is 0 Å². The van der Waals surface area contributed by atoms with Crippen molar-refractivity contribution in [3.8, 4) is 0 Å². The lowest BCUT2D eigenvalue weighted by Gasteiger charge is -2.05. The van der Waals surface area contributed by atoms with Crippen LogP contribution in [-0.2, 0) is 6.18 Å². The van der Waals surface area contributed by atoms with Gasteiger partial charge in [0.2, 0.25) is 0 Å². The Balaban J connectivity index is 3.35. The van der Waals surface area contributed by atoms with Gasteiger partial charge in [0.25, 0.3) is 0 Å². The third-order valence-electron chi connectivity index (χ3n) is 1.01. The lowest BCUT2D eigenvalue weighted by Crippen LogP contribution is -2.03. The molecular weight excluding hydrogens is 177 g/mol. The molecule has 1 rings (SSSR count). The molecule has 0 saturated heterocycles. The number of hydrogen-bond donors (Lipinski definition) is 0. The highest BCUT2D eigenvalue weighted by Crippen LogP contribution is 2.30. The van der Waals surface area contributed by atoms with Crippen molar-refractivity contribution >= 4 is 11.6 Å². The van der Waals surface area contributed by atoms with E-state index in [2.05, 4.69) is 0 Å². The van der Waals surface area contributed by atoms with E-state index in [0.29, 0.717) is 6.07 Å². The van der Waals surface area contributed by atoms with Gasteiger partial charge in [-0.25, -0.2) is 0 Å². The van der Waals surface area contributed by atoms with Crippen LogP contribution in [-0.4, -0.2) is 0 Å². The first kappa shape index (κ1) is 5.89. The minimum atomic E-state index is -4.59. The highest BCUT2D eigenvalue weighted by Gasteiger charge is 2.30. The summed E-state index contributed by atoms with van der Waals surface area (Å²) in [6, 6.07) is 0.473. The summed E-state index contributed by atoms with van der Waals surface area (Å²) in [5, 5.41) is -0.477. The van der Waals surface area contributed by atoms with Crippen LogP contribution in [0.15, 0.2) is 24.2 Å². The van der Waals surface area contributed by atoms with E-state index in [1.165, 1.54) is 0 Å². The quantitative estimate of drug-likeness (QED) is 0.577. The van der Waals surface area contributed by atoms with Crippen LogP contribution in [0.3, 0.4) is 0 Å². The van der Waals surface area contributed by atoms with E-state index in [4.69, 9.17) is 14.3 Å². The number of hydrogen-bond acceptors (Lipinski definition) is 0. The fraction of sp³-hybridized carbons (Fsp3) is 0.143. The predicted octanol–water partition coefficient (Wildman–Crippen LogP) is 3.36. The molecule has 60 valence electrons. The second-order valence-corrected chi connectivity index (χ2v) is 2.21. The third-order valence-corrected chi connectivity index (χ3v) is 1.21.